The van der Waals surface area contributed by atoms with E-state index in [-0.39, 0.29) is 5.88 Å². The Labute approximate surface area is 148 Å². The Kier molecular flexibility index (Phi) is 4.59. The first kappa shape index (κ1) is 17.2. The first-order valence-corrected chi connectivity index (χ1v) is 9.91. The van der Waals surface area contributed by atoms with E-state index >= 15 is 0 Å². The standard InChI is InChI=1S/C20H20N2O2S/c1-14-7-5-9-16(11-14)19-20(17-10-6-8-15(2)12-17)22-18(13-21-19)24-25(3,4)23/h5-13H,3H2,1-2,4H3. The minimum absolute atomic E-state index is 0.204. The Morgan fingerprint density at radius 3 is 2.04 bits per heavy atom. The highest BCUT2D eigenvalue weighted by Crippen LogP contribution is 2.31. The third-order valence-electron chi connectivity index (χ3n) is 3.60. The molecule has 0 amide bonds. The number of rotatable bonds is 4. The summed E-state index contributed by atoms with van der Waals surface area (Å²) in [5.41, 5.74) is 5.62. The number of aryl methyl sites for hydroxylation is 2. The molecule has 0 fully saturated rings. The van der Waals surface area contributed by atoms with Crippen LogP contribution in [0, 0.1) is 13.8 Å². The van der Waals surface area contributed by atoms with Gasteiger partial charge in [-0.15, -0.1) is 0 Å². The van der Waals surface area contributed by atoms with Crippen molar-refractivity contribution < 1.29 is 8.39 Å². The molecule has 128 valence electrons. The van der Waals surface area contributed by atoms with Crippen LogP contribution in [0.4, 0.5) is 0 Å². The van der Waals surface area contributed by atoms with Crippen LogP contribution in [-0.4, -0.2) is 26.3 Å². The van der Waals surface area contributed by atoms with E-state index in [0.717, 1.165) is 27.9 Å². The summed E-state index contributed by atoms with van der Waals surface area (Å²) in [6.45, 7) is 4.06. The first-order valence-electron chi connectivity index (χ1n) is 7.84. The molecule has 0 bridgehead atoms. The second-order valence-corrected chi connectivity index (χ2v) is 8.17. The molecule has 0 aliphatic carbocycles. The molecule has 5 heteroatoms. The van der Waals surface area contributed by atoms with Gasteiger partial charge in [-0.25, -0.2) is 14.2 Å². The summed E-state index contributed by atoms with van der Waals surface area (Å²) in [5, 5.41) is 0. The predicted octanol–water partition coefficient (Wildman–Crippen LogP) is 4.07. The van der Waals surface area contributed by atoms with E-state index in [0.29, 0.717) is 5.69 Å². The topological polar surface area (TPSA) is 52.1 Å². The maximum atomic E-state index is 11.9. The van der Waals surface area contributed by atoms with Crippen molar-refractivity contribution in [3.05, 3.63) is 65.9 Å². The average Bonchev–Trinajstić information content (AvgIpc) is 2.53. The summed E-state index contributed by atoms with van der Waals surface area (Å²) in [5.74, 6) is 3.72. The lowest BCUT2D eigenvalue weighted by Gasteiger charge is -2.12. The van der Waals surface area contributed by atoms with Gasteiger partial charge in [-0.05, 0) is 31.9 Å². The molecule has 2 aromatic carbocycles. The van der Waals surface area contributed by atoms with Gasteiger partial charge in [0.05, 0.1) is 11.9 Å². The normalized spacial score (nSPS) is 13.2. The van der Waals surface area contributed by atoms with Gasteiger partial charge in [-0.3, -0.25) is 0 Å². The van der Waals surface area contributed by atoms with Gasteiger partial charge in [0.25, 0.3) is 0 Å². The summed E-state index contributed by atoms with van der Waals surface area (Å²) in [6.07, 6.45) is 2.92. The van der Waals surface area contributed by atoms with Crippen molar-refractivity contribution in [1.82, 2.24) is 9.97 Å². The Balaban J connectivity index is 2.21. The third kappa shape index (κ3) is 4.25. The van der Waals surface area contributed by atoms with E-state index in [1.165, 1.54) is 12.5 Å². The van der Waals surface area contributed by atoms with Crippen LogP contribution in [0.25, 0.3) is 22.5 Å². The van der Waals surface area contributed by atoms with Gasteiger partial charge in [-0.2, -0.15) is 0 Å². The van der Waals surface area contributed by atoms with Crippen LogP contribution >= 0.6 is 0 Å². The molecule has 3 rings (SSSR count). The summed E-state index contributed by atoms with van der Waals surface area (Å²) in [4.78, 5) is 9.11. The van der Waals surface area contributed by atoms with Gasteiger partial charge < -0.3 is 4.18 Å². The SMILES string of the molecule is C=S(C)(=O)Oc1cnc(-c2cccc(C)c2)c(-c2cccc(C)c2)n1. The molecule has 3 aromatic rings. The van der Waals surface area contributed by atoms with Gasteiger partial charge in [0.1, 0.15) is 15.5 Å². The molecule has 0 aliphatic heterocycles. The van der Waals surface area contributed by atoms with Crippen molar-refractivity contribution in [1.29, 1.82) is 0 Å². The van der Waals surface area contributed by atoms with Crippen LogP contribution in [0.2, 0.25) is 0 Å². The van der Waals surface area contributed by atoms with Gasteiger partial charge in [-0.1, -0.05) is 47.5 Å². The minimum atomic E-state index is -2.67. The molecule has 0 saturated carbocycles. The fourth-order valence-corrected chi connectivity index (χ4v) is 3.03. The van der Waals surface area contributed by atoms with E-state index in [1.807, 2.05) is 56.3 Å². The van der Waals surface area contributed by atoms with Crippen LogP contribution in [-0.2, 0) is 9.80 Å². The predicted molar refractivity (Wildman–Crippen MR) is 104 cm³/mol. The van der Waals surface area contributed by atoms with Gasteiger partial charge >= 0.3 is 0 Å². The molecule has 1 aromatic heterocycles. The molecule has 1 heterocycles. The van der Waals surface area contributed by atoms with Crippen LogP contribution < -0.4 is 4.18 Å². The summed E-state index contributed by atoms with van der Waals surface area (Å²) < 4.78 is 17.2. The lowest BCUT2D eigenvalue weighted by atomic mass is 10.0. The van der Waals surface area contributed by atoms with Gasteiger partial charge in [0.15, 0.2) is 0 Å². The number of benzene rings is 2. The Morgan fingerprint density at radius 1 is 0.960 bits per heavy atom. The van der Waals surface area contributed by atoms with Crippen molar-refractivity contribution in [3.8, 4) is 28.4 Å². The second-order valence-electron chi connectivity index (χ2n) is 6.15. The van der Waals surface area contributed by atoms with E-state index < -0.39 is 9.80 Å². The molecule has 0 radical (unpaired) electrons. The number of aromatic nitrogens is 2. The van der Waals surface area contributed by atoms with Crippen LogP contribution in [0.5, 0.6) is 5.88 Å². The Hall–Kier alpha value is -2.66. The molecular formula is C20H20N2O2S. The van der Waals surface area contributed by atoms with E-state index in [2.05, 4.69) is 21.9 Å². The van der Waals surface area contributed by atoms with Crippen LogP contribution in [0.15, 0.2) is 54.7 Å². The maximum absolute atomic E-state index is 11.9. The largest absolute Gasteiger partial charge is 0.387 e. The molecule has 1 atom stereocenters. The zero-order valence-corrected chi connectivity index (χ0v) is 15.3. The van der Waals surface area contributed by atoms with E-state index in [1.54, 1.807) is 0 Å². The Bertz CT molecular complexity index is 1030. The van der Waals surface area contributed by atoms with Crippen molar-refractivity contribution >= 4 is 15.7 Å². The van der Waals surface area contributed by atoms with Gasteiger partial charge in [0.2, 0.25) is 5.88 Å². The van der Waals surface area contributed by atoms with Crippen molar-refractivity contribution in [3.63, 3.8) is 0 Å². The quantitative estimate of drug-likeness (QED) is 0.664. The molecule has 4 nitrogen and oxygen atoms in total. The highest BCUT2D eigenvalue weighted by molar-refractivity contribution is 7.95. The highest BCUT2D eigenvalue weighted by atomic mass is 32.2. The number of hydrogen-bond donors (Lipinski definition) is 0. The van der Waals surface area contributed by atoms with Crippen molar-refractivity contribution in [2.45, 2.75) is 13.8 Å². The monoisotopic (exact) mass is 352 g/mol. The Morgan fingerprint density at radius 2 is 1.52 bits per heavy atom. The first-order chi connectivity index (χ1) is 11.8. The molecule has 1 unspecified atom stereocenters. The van der Waals surface area contributed by atoms with Crippen LogP contribution in [0.1, 0.15) is 11.1 Å². The fourth-order valence-electron chi connectivity index (χ4n) is 2.59. The minimum Gasteiger partial charge on any atom is -0.387 e. The lowest BCUT2D eigenvalue weighted by molar-refractivity contribution is 0.546. The van der Waals surface area contributed by atoms with Crippen LogP contribution in [0.3, 0.4) is 0 Å². The zero-order chi connectivity index (χ0) is 18.0. The second kappa shape index (κ2) is 6.69. The van der Waals surface area contributed by atoms with E-state index in [9.17, 15) is 4.21 Å². The third-order valence-corrected chi connectivity index (χ3v) is 4.12. The molecule has 25 heavy (non-hydrogen) atoms. The van der Waals surface area contributed by atoms with Gasteiger partial charge in [0, 0.05) is 17.4 Å². The average molecular weight is 352 g/mol. The molecular weight excluding hydrogens is 332 g/mol. The molecule has 0 N–H and O–H groups in total. The lowest BCUT2D eigenvalue weighted by Crippen LogP contribution is -2.08. The summed E-state index contributed by atoms with van der Waals surface area (Å²) in [7, 11) is -2.67. The highest BCUT2D eigenvalue weighted by Gasteiger charge is 2.14. The fraction of sp³-hybridized carbons (Fsp3) is 0.150. The van der Waals surface area contributed by atoms with Crippen molar-refractivity contribution in [2.75, 3.05) is 6.26 Å². The smallest absolute Gasteiger partial charge is 0.249 e. The summed E-state index contributed by atoms with van der Waals surface area (Å²) in [6, 6.07) is 16.1. The molecule has 0 spiro atoms. The number of hydrogen-bond acceptors (Lipinski definition) is 4. The maximum Gasteiger partial charge on any atom is 0.249 e. The number of nitrogens with zero attached hydrogens (tertiary/aromatic N) is 2. The molecule has 0 saturated heterocycles. The van der Waals surface area contributed by atoms with Crippen molar-refractivity contribution in [2.24, 2.45) is 0 Å². The summed E-state index contributed by atoms with van der Waals surface area (Å²) >= 11 is 0. The molecule has 0 aliphatic rings. The van der Waals surface area contributed by atoms with E-state index in [4.69, 9.17) is 4.18 Å². The zero-order valence-electron chi connectivity index (χ0n) is 14.5.